The van der Waals surface area contributed by atoms with Crippen molar-refractivity contribution in [3.8, 4) is 6.07 Å². The standard InChI is InChI=1S/C17H21FN2O2/c18-15-5-4-12(8-13(15)9-19)10-20-6-7-22-11-16(20)14-2-1-3-17(14)21/h4-5,8,14,16-17,21H,1-3,6-7,10-11H2/t14-,16-,17+/m1/s1. The monoisotopic (exact) mass is 304 g/mol. The Labute approximate surface area is 130 Å². The molecule has 1 heterocycles. The molecule has 3 rings (SSSR count). The van der Waals surface area contributed by atoms with Gasteiger partial charge in [0.25, 0.3) is 0 Å². The molecule has 0 unspecified atom stereocenters. The molecule has 1 saturated carbocycles. The summed E-state index contributed by atoms with van der Waals surface area (Å²) in [5.41, 5.74) is 1.01. The van der Waals surface area contributed by atoms with E-state index in [9.17, 15) is 9.50 Å². The fourth-order valence-corrected chi connectivity index (χ4v) is 3.66. The molecule has 1 aromatic rings. The van der Waals surface area contributed by atoms with Gasteiger partial charge in [-0.15, -0.1) is 0 Å². The molecule has 0 amide bonds. The fourth-order valence-electron chi connectivity index (χ4n) is 3.66. The highest BCUT2D eigenvalue weighted by Gasteiger charge is 2.37. The maximum Gasteiger partial charge on any atom is 0.140 e. The summed E-state index contributed by atoms with van der Waals surface area (Å²) in [5, 5.41) is 19.1. The molecule has 1 aliphatic heterocycles. The number of nitrogens with zero attached hydrogens (tertiary/aromatic N) is 2. The van der Waals surface area contributed by atoms with E-state index in [0.717, 1.165) is 31.4 Å². The molecule has 0 radical (unpaired) electrons. The first kappa shape index (κ1) is 15.4. The summed E-state index contributed by atoms with van der Waals surface area (Å²) in [6.07, 6.45) is 2.70. The molecule has 4 nitrogen and oxygen atoms in total. The first-order chi connectivity index (χ1) is 10.7. The number of nitriles is 1. The molecule has 22 heavy (non-hydrogen) atoms. The van der Waals surface area contributed by atoms with E-state index < -0.39 is 5.82 Å². The summed E-state index contributed by atoms with van der Waals surface area (Å²) >= 11 is 0. The second kappa shape index (κ2) is 6.74. The average molecular weight is 304 g/mol. The van der Waals surface area contributed by atoms with Gasteiger partial charge in [-0.2, -0.15) is 5.26 Å². The number of rotatable bonds is 3. The quantitative estimate of drug-likeness (QED) is 0.928. The van der Waals surface area contributed by atoms with Gasteiger partial charge in [-0.3, -0.25) is 4.90 Å². The normalized spacial score (nSPS) is 29.4. The number of hydrogen-bond acceptors (Lipinski definition) is 4. The molecule has 5 heteroatoms. The first-order valence-electron chi connectivity index (χ1n) is 7.87. The van der Waals surface area contributed by atoms with Crippen LogP contribution < -0.4 is 0 Å². The Morgan fingerprint density at radius 2 is 2.27 bits per heavy atom. The summed E-state index contributed by atoms with van der Waals surface area (Å²) < 4.78 is 19.0. The van der Waals surface area contributed by atoms with Gasteiger partial charge in [-0.25, -0.2) is 4.39 Å². The van der Waals surface area contributed by atoms with Crippen LogP contribution in [0.2, 0.25) is 0 Å². The molecule has 118 valence electrons. The van der Waals surface area contributed by atoms with Crippen molar-refractivity contribution in [3.05, 3.63) is 35.1 Å². The summed E-state index contributed by atoms with van der Waals surface area (Å²) in [6.45, 7) is 2.76. The molecule has 1 aromatic carbocycles. The number of halogens is 1. The van der Waals surface area contributed by atoms with Crippen molar-refractivity contribution in [1.82, 2.24) is 4.90 Å². The number of aliphatic hydroxyl groups is 1. The summed E-state index contributed by atoms with van der Waals surface area (Å²) in [6, 6.07) is 6.79. The first-order valence-corrected chi connectivity index (χ1v) is 7.87. The van der Waals surface area contributed by atoms with Crippen LogP contribution in [0.25, 0.3) is 0 Å². The van der Waals surface area contributed by atoms with Crippen molar-refractivity contribution in [1.29, 1.82) is 5.26 Å². The van der Waals surface area contributed by atoms with E-state index in [-0.39, 0.29) is 23.6 Å². The van der Waals surface area contributed by atoms with E-state index in [1.165, 1.54) is 6.07 Å². The number of hydrogen-bond donors (Lipinski definition) is 1. The zero-order valence-corrected chi connectivity index (χ0v) is 12.5. The molecule has 0 spiro atoms. The van der Waals surface area contributed by atoms with Gasteiger partial charge in [0, 0.05) is 25.0 Å². The van der Waals surface area contributed by atoms with Crippen molar-refractivity contribution in [2.45, 2.75) is 38.0 Å². The van der Waals surface area contributed by atoms with Gasteiger partial charge in [-0.05, 0) is 30.5 Å². The number of morpholine rings is 1. The highest BCUT2D eigenvalue weighted by atomic mass is 19.1. The van der Waals surface area contributed by atoms with Gasteiger partial charge in [-0.1, -0.05) is 12.5 Å². The predicted molar refractivity (Wildman–Crippen MR) is 79.5 cm³/mol. The Hall–Kier alpha value is -1.48. The second-order valence-electron chi connectivity index (χ2n) is 6.20. The third kappa shape index (κ3) is 3.14. The van der Waals surface area contributed by atoms with Crippen LogP contribution in [0.5, 0.6) is 0 Å². The molecule has 1 saturated heterocycles. The molecule has 2 fully saturated rings. The largest absolute Gasteiger partial charge is 0.393 e. The molecule has 0 aromatic heterocycles. The lowest BCUT2D eigenvalue weighted by molar-refractivity contribution is -0.0536. The highest BCUT2D eigenvalue weighted by Crippen LogP contribution is 2.32. The van der Waals surface area contributed by atoms with Crippen LogP contribution in [-0.4, -0.2) is 41.9 Å². The number of ether oxygens (including phenoxy) is 1. The molecule has 1 N–H and O–H groups in total. The Bertz CT molecular complexity index is 572. The van der Waals surface area contributed by atoms with E-state index in [0.29, 0.717) is 19.8 Å². The van der Waals surface area contributed by atoms with Crippen LogP contribution in [0.15, 0.2) is 18.2 Å². The Balaban J connectivity index is 1.75. The lowest BCUT2D eigenvalue weighted by Gasteiger charge is -2.40. The molecule has 3 atom stereocenters. The Morgan fingerprint density at radius 1 is 1.41 bits per heavy atom. The molecular formula is C17H21FN2O2. The van der Waals surface area contributed by atoms with Crippen molar-refractivity contribution < 1.29 is 14.2 Å². The van der Waals surface area contributed by atoms with Gasteiger partial charge >= 0.3 is 0 Å². The van der Waals surface area contributed by atoms with E-state index in [1.807, 2.05) is 6.07 Å². The number of benzene rings is 1. The summed E-state index contributed by atoms with van der Waals surface area (Å²) in [4.78, 5) is 2.30. The highest BCUT2D eigenvalue weighted by molar-refractivity contribution is 5.34. The van der Waals surface area contributed by atoms with Gasteiger partial charge in [0.05, 0.1) is 24.9 Å². The van der Waals surface area contributed by atoms with Crippen LogP contribution in [0.1, 0.15) is 30.4 Å². The minimum Gasteiger partial charge on any atom is -0.393 e. The predicted octanol–water partition coefficient (Wildman–Crippen LogP) is 2.06. The smallest absolute Gasteiger partial charge is 0.140 e. The minimum absolute atomic E-state index is 0.0863. The van der Waals surface area contributed by atoms with Gasteiger partial charge in [0.2, 0.25) is 0 Å². The van der Waals surface area contributed by atoms with Gasteiger partial charge in [0.1, 0.15) is 11.9 Å². The van der Waals surface area contributed by atoms with Crippen LogP contribution in [0.4, 0.5) is 4.39 Å². The lowest BCUT2D eigenvalue weighted by Crippen LogP contribution is -2.50. The van der Waals surface area contributed by atoms with Gasteiger partial charge < -0.3 is 9.84 Å². The van der Waals surface area contributed by atoms with Crippen LogP contribution in [-0.2, 0) is 11.3 Å². The third-order valence-corrected chi connectivity index (χ3v) is 4.84. The van der Waals surface area contributed by atoms with E-state index in [4.69, 9.17) is 10.00 Å². The number of aliphatic hydroxyl groups excluding tert-OH is 1. The fraction of sp³-hybridized carbons (Fsp3) is 0.588. The van der Waals surface area contributed by atoms with Crippen LogP contribution in [0.3, 0.4) is 0 Å². The molecule has 1 aliphatic carbocycles. The average Bonchev–Trinajstić information content (AvgIpc) is 2.96. The zero-order chi connectivity index (χ0) is 15.5. The second-order valence-corrected chi connectivity index (χ2v) is 6.20. The topological polar surface area (TPSA) is 56.5 Å². The zero-order valence-electron chi connectivity index (χ0n) is 12.5. The van der Waals surface area contributed by atoms with E-state index >= 15 is 0 Å². The van der Waals surface area contributed by atoms with Crippen LogP contribution in [0, 0.1) is 23.1 Å². The minimum atomic E-state index is -0.476. The van der Waals surface area contributed by atoms with Crippen molar-refractivity contribution in [2.24, 2.45) is 5.92 Å². The van der Waals surface area contributed by atoms with Crippen LogP contribution >= 0.6 is 0 Å². The van der Waals surface area contributed by atoms with E-state index in [1.54, 1.807) is 12.1 Å². The van der Waals surface area contributed by atoms with Crippen molar-refractivity contribution in [3.63, 3.8) is 0 Å². The van der Waals surface area contributed by atoms with Crippen molar-refractivity contribution in [2.75, 3.05) is 19.8 Å². The molecular weight excluding hydrogens is 283 g/mol. The molecule has 0 bridgehead atoms. The maximum absolute atomic E-state index is 13.4. The maximum atomic E-state index is 13.4. The van der Waals surface area contributed by atoms with Gasteiger partial charge in [0.15, 0.2) is 0 Å². The molecule has 2 aliphatic rings. The summed E-state index contributed by atoms with van der Waals surface area (Å²) in [7, 11) is 0. The van der Waals surface area contributed by atoms with E-state index in [2.05, 4.69) is 4.90 Å². The third-order valence-electron chi connectivity index (χ3n) is 4.84. The Morgan fingerprint density at radius 3 is 3.00 bits per heavy atom. The van der Waals surface area contributed by atoms with Crippen molar-refractivity contribution >= 4 is 0 Å². The Kier molecular flexibility index (Phi) is 4.72. The lowest BCUT2D eigenvalue weighted by atomic mass is 9.94. The SMILES string of the molecule is N#Cc1cc(CN2CCOC[C@@H]2[C@H]2CCC[C@@H]2O)ccc1F. The summed E-state index contributed by atoms with van der Waals surface area (Å²) in [5.74, 6) is -0.229.